The smallest absolute Gasteiger partial charge is 0.224 e. The molecule has 0 aliphatic heterocycles. The van der Waals surface area contributed by atoms with Crippen LogP contribution in [-0.4, -0.2) is 47.1 Å². The lowest BCUT2D eigenvalue weighted by molar-refractivity contribution is -0.120. The number of anilines is 1. The third-order valence-electron chi connectivity index (χ3n) is 3.52. The van der Waals surface area contributed by atoms with Crippen molar-refractivity contribution in [2.24, 2.45) is 0 Å². The number of hydrogen-bond acceptors (Lipinski definition) is 4. The maximum absolute atomic E-state index is 12.0. The molecule has 0 atom stereocenters. The second-order valence-corrected chi connectivity index (χ2v) is 5.65. The summed E-state index contributed by atoms with van der Waals surface area (Å²) in [5.41, 5.74) is 4.58. The van der Waals surface area contributed by atoms with Gasteiger partial charge in [-0.05, 0) is 49.1 Å². The van der Waals surface area contributed by atoms with Crippen molar-refractivity contribution >= 4 is 11.6 Å². The van der Waals surface area contributed by atoms with Gasteiger partial charge < -0.3 is 19.7 Å². The van der Waals surface area contributed by atoms with Gasteiger partial charge in [0.1, 0.15) is 6.79 Å². The van der Waals surface area contributed by atoms with Crippen LogP contribution >= 0.6 is 0 Å². The van der Waals surface area contributed by atoms with Crippen molar-refractivity contribution in [2.45, 2.75) is 26.7 Å². The summed E-state index contributed by atoms with van der Waals surface area (Å²) in [7, 11) is 5.63. The maximum Gasteiger partial charge on any atom is 0.224 e. The van der Waals surface area contributed by atoms with Crippen LogP contribution in [0.4, 0.5) is 5.69 Å². The Kier molecular flexibility index (Phi) is 7.91. The van der Waals surface area contributed by atoms with Gasteiger partial charge in [0, 0.05) is 33.4 Å². The molecule has 5 nitrogen and oxygen atoms in total. The average Bonchev–Trinajstić information content (AvgIpc) is 2.46. The number of methoxy groups -OCH3 is 1. The summed E-state index contributed by atoms with van der Waals surface area (Å²) in [5, 5.41) is 2.93. The molecule has 1 N–H and O–H groups in total. The van der Waals surface area contributed by atoms with Crippen molar-refractivity contribution in [3.05, 3.63) is 28.8 Å². The van der Waals surface area contributed by atoms with E-state index in [2.05, 4.69) is 36.2 Å². The molecular weight excluding hydrogens is 280 g/mol. The normalized spacial score (nSPS) is 10.6. The summed E-state index contributed by atoms with van der Waals surface area (Å²) in [6.07, 6.45) is 1.21. The largest absolute Gasteiger partial charge is 0.378 e. The van der Waals surface area contributed by atoms with Gasteiger partial charge in [0.05, 0.1) is 13.0 Å². The van der Waals surface area contributed by atoms with Crippen LogP contribution in [0.5, 0.6) is 0 Å². The number of ether oxygens (including phenoxy) is 2. The first kappa shape index (κ1) is 18.5. The summed E-state index contributed by atoms with van der Waals surface area (Å²) < 4.78 is 9.97. The molecule has 0 aliphatic carbocycles. The van der Waals surface area contributed by atoms with E-state index in [1.165, 1.54) is 0 Å². The minimum absolute atomic E-state index is 0.0514. The van der Waals surface area contributed by atoms with Gasteiger partial charge in [-0.15, -0.1) is 0 Å². The molecule has 0 bridgehead atoms. The van der Waals surface area contributed by atoms with E-state index < -0.39 is 0 Å². The van der Waals surface area contributed by atoms with Crippen molar-refractivity contribution in [3.8, 4) is 0 Å². The van der Waals surface area contributed by atoms with Crippen LogP contribution in [0, 0.1) is 13.8 Å². The zero-order chi connectivity index (χ0) is 16.5. The maximum atomic E-state index is 12.0. The topological polar surface area (TPSA) is 50.8 Å². The Labute approximate surface area is 133 Å². The first-order valence-corrected chi connectivity index (χ1v) is 7.56. The van der Waals surface area contributed by atoms with Gasteiger partial charge in [-0.1, -0.05) is 0 Å². The van der Waals surface area contributed by atoms with Crippen LogP contribution in [-0.2, 0) is 20.7 Å². The molecule has 0 heterocycles. The molecule has 22 heavy (non-hydrogen) atoms. The zero-order valence-corrected chi connectivity index (χ0v) is 14.4. The molecular formula is C17H28N2O3. The monoisotopic (exact) mass is 308 g/mol. The minimum Gasteiger partial charge on any atom is -0.378 e. The lowest BCUT2D eigenvalue weighted by atomic mass is 9.98. The first-order chi connectivity index (χ1) is 10.5. The predicted octanol–water partition coefficient (Wildman–Crippen LogP) is 2.04. The van der Waals surface area contributed by atoms with Crippen molar-refractivity contribution < 1.29 is 14.3 Å². The molecule has 1 rings (SSSR count). The Hall–Kier alpha value is -1.59. The number of carbonyl (C=O) groups excluding carboxylic acids is 1. The summed E-state index contributed by atoms with van der Waals surface area (Å²) >= 11 is 0. The highest BCUT2D eigenvalue weighted by Gasteiger charge is 2.10. The van der Waals surface area contributed by atoms with Crippen LogP contribution in [0.1, 0.15) is 23.1 Å². The van der Waals surface area contributed by atoms with Gasteiger partial charge in [-0.25, -0.2) is 0 Å². The van der Waals surface area contributed by atoms with Gasteiger partial charge in [0.2, 0.25) is 5.91 Å². The number of hydrogen-bond donors (Lipinski definition) is 1. The van der Waals surface area contributed by atoms with Crippen molar-refractivity contribution in [1.29, 1.82) is 0 Å². The van der Waals surface area contributed by atoms with Crippen molar-refractivity contribution in [1.82, 2.24) is 5.32 Å². The second kappa shape index (κ2) is 9.43. The summed E-state index contributed by atoms with van der Waals surface area (Å²) in [6, 6.07) is 4.24. The van der Waals surface area contributed by atoms with Gasteiger partial charge in [-0.2, -0.15) is 0 Å². The molecule has 0 unspecified atom stereocenters. The molecule has 0 saturated heterocycles. The van der Waals surface area contributed by atoms with Gasteiger partial charge >= 0.3 is 0 Å². The second-order valence-electron chi connectivity index (χ2n) is 5.65. The molecule has 1 amide bonds. The number of amides is 1. The van der Waals surface area contributed by atoms with Crippen LogP contribution in [0.3, 0.4) is 0 Å². The fourth-order valence-corrected chi connectivity index (χ4v) is 2.27. The Morgan fingerprint density at radius 1 is 1.23 bits per heavy atom. The quantitative estimate of drug-likeness (QED) is 0.560. The standard InChI is InChI=1S/C17H28N2O3/c1-13-9-15(19(3)4)10-14(2)16(13)11-17(20)18-7-6-8-22-12-21-5/h9-10H,6-8,11-12H2,1-5H3,(H,18,20). The molecule has 0 fully saturated rings. The molecule has 0 aliphatic rings. The molecule has 5 heteroatoms. The van der Waals surface area contributed by atoms with E-state index in [9.17, 15) is 4.79 Å². The number of carbonyl (C=O) groups is 1. The average molecular weight is 308 g/mol. The zero-order valence-electron chi connectivity index (χ0n) is 14.4. The van der Waals surface area contributed by atoms with Crippen LogP contribution in [0.2, 0.25) is 0 Å². The van der Waals surface area contributed by atoms with E-state index in [0.717, 1.165) is 28.8 Å². The number of benzene rings is 1. The van der Waals surface area contributed by atoms with E-state index >= 15 is 0 Å². The number of aryl methyl sites for hydroxylation is 2. The Bertz CT molecular complexity index is 464. The number of nitrogens with one attached hydrogen (secondary N) is 1. The van der Waals surface area contributed by atoms with E-state index in [1.54, 1.807) is 7.11 Å². The molecule has 124 valence electrons. The van der Waals surface area contributed by atoms with E-state index in [4.69, 9.17) is 9.47 Å². The van der Waals surface area contributed by atoms with E-state index in [-0.39, 0.29) is 5.91 Å². The number of rotatable bonds is 9. The van der Waals surface area contributed by atoms with E-state index in [1.807, 2.05) is 14.1 Å². The SMILES string of the molecule is COCOCCCNC(=O)Cc1c(C)cc(N(C)C)cc1C. The van der Waals surface area contributed by atoms with E-state index in [0.29, 0.717) is 26.4 Å². The molecule has 1 aromatic rings. The van der Waals surface area contributed by atoms with Gasteiger partial charge in [0.25, 0.3) is 0 Å². The summed E-state index contributed by atoms with van der Waals surface area (Å²) in [5.74, 6) is 0.0514. The van der Waals surface area contributed by atoms with Gasteiger partial charge in [0.15, 0.2) is 0 Å². The fourth-order valence-electron chi connectivity index (χ4n) is 2.27. The molecule has 0 aromatic heterocycles. The summed E-state index contributed by atoms with van der Waals surface area (Å²) in [6.45, 7) is 5.62. The Balaban J connectivity index is 2.47. The van der Waals surface area contributed by atoms with Crippen LogP contribution < -0.4 is 10.2 Å². The first-order valence-electron chi connectivity index (χ1n) is 7.56. The van der Waals surface area contributed by atoms with Crippen molar-refractivity contribution in [3.63, 3.8) is 0 Å². The highest BCUT2D eigenvalue weighted by molar-refractivity contribution is 5.79. The fraction of sp³-hybridized carbons (Fsp3) is 0.588. The lowest BCUT2D eigenvalue weighted by Crippen LogP contribution is -2.27. The molecule has 1 aromatic carbocycles. The number of nitrogens with zero attached hydrogens (tertiary/aromatic N) is 1. The third-order valence-corrected chi connectivity index (χ3v) is 3.52. The Morgan fingerprint density at radius 2 is 1.86 bits per heavy atom. The minimum atomic E-state index is 0.0514. The third kappa shape index (κ3) is 6.03. The highest BCUT2D eigenvalue weighted by atomic mass is 16.7. The van der Waals surface area contributed by atoms with Crippen molar-refractivity contribution in [2.75, 3.05) is 46.0 Å². The molecule has 0 saturated carbocycles. The van der Waals surface area contributed by atoms with Gasteiger partial charge in [-0.3, -0.25) is 4.79 Å². The highest BCUT2D eigenvalue weighted by Crippen LogP contribution is 2.22. The van der Waals surface area contributed by atoms with Crippen LogP contribution in [0.25, 0.3) is 0 Å². The molecule has 0 radical (unpaired) electrons. The predicted molar refractivity (Wildman–Crippen MR) is 89.4 cm³/mol. The van der Waals surface area contributed by atoms with Crippen LogP contribution in [0.15, 0.2) is 12.1 Å². The summed E-state index contributed by atoms with van der Waals surface area (Å²) in [4.78, 5) is 14.1. The Morgan fingerprint density at radius 3 is 2.41 bits per heavy atom. The lowest BCUT2D eigenvalue weighted by Gasteiger charge is -2.17. The molecule has 0 spiro atoms.